The molecule has 34 heavy (non-hydrogen) atoms. The molecule has 1 unspecified atom stereocenters. The maximum atomic E-state index is 13.7. The third-order valence-electron chi connectivity index (χ3n) is 6.18. The molecule has 1 saturated carbocycles. The highest BCUT2D eigenvalue weighted by atomic mass is 19.1. The van der Waals surface area contributed by atoms with E-state index in [2.05, 4.69) is 51.7 Å². The van der Waals surface area contributed by atoms with Crippen LogP contribution in [0.3, 0.4) is 0 Å². The van der Waals surface area contributed by atoms with Crippen molar-refractivity contribution in [2.75, 3.05) is 17.2 Å². The molecule has 0 amide bonds. The van der Waals surface area contributed by atoms with Gasteiger partial charge in [-0.05, 0) is 54.2 Å². The van der Waals surface area contributed by atoms with E-state index >= 15 is 0 Å². The van der Waals surface area contributed by atoms with E-state index in [4.69, 9.17) is 0 Å². The van der Waals surface area contributed by atoms with Crippen molar-refractivity contribution < 1.29 is 4.39 Å². The molecule has 0 saturated heterocycles. The van der Waals surface area contributed by atoms with Crippen molar-refractivity contribution in [3.05, 3.63) is 72.1 Å². The molecule has 0 bridgehead atoms. The van der Waals surface area contributed by atoms with Crippen molar-refractivity contribution >= 4 is 30.3 Å². The lowest BCUT2D eigenvalue weighted by Gasteiger charge is -2.31. The van der Waals surface area contributed by atoms with Gasteiger partial charge in [0.2, 0.25) is 0 Å². The zero-order chi connectivity index (χ0) is 23.9. The lowest BCUT2D eigenvalue weighted by atomic mass is 9.69. The summed E-state index contributed by atoms with van der Waals surface area (Å²) in [6.07, 6.45) is 5.82. The SMILES string of the molecule is BC(Nc1ccc2ncnc(NCC(C)(C)C)c2c1)(c1ccc(F)cc1)c1cn(C2CC2)nn1. The molecule has 5 rings (SSSR count). The molecule has 2 heterocycles. The average molecular weight is 457 g/mol. The maximum absolute atomic E-state index is 13.7. The van der Waals surface area contributed by atoms with Crippen LogP contribution in [0.4, 0.5) is 15.9 Å². The van der Waals surface area contributed by atoms with Gasteiger partial charge in [0, 0.05) is 17.6 Å². The molecule has 9 heteroatoms. The second kappa shape index (κ2) is 8.38. The summed E-state index contributed by atoms with van der Waals surface area (Å²) >= 11 is 0. The van der Waals surface area contributed by atoms with E-state index in [9.17, 15) is 4.39 Å². The normalized spacial score (nSPS) is 15.8. The minimum Gasteiger partial charge on any atom is -0.378 e. The number of nitrogens with one attached hydrogen (secondary N) is 2. The van der Waals surface area contributed by atoms with Crippen molar-refractivity contribution in [2.45, 2.75) is 45.1 Å². The lowest BCUT2D eigenvalue weighted by Crippen LogP contribution is -2.37. The Labute approximate surface area is 199 Å². The number of anilines is 2. The third kappa shape index (κ3) is 4.60. The molecule has 0 aliphatic heterocycles. The van der Waals surface area contributed by atoms with Gasteiger partial charge in [-0.2, -0.15) is 0 Å². The second-order valence-corrected chi connectivity index (χ2v) is 10.4. The fourth-order valence-electron chi connectivity index (χ4n) is 4.00. The molecule has 7 nitrogen and oxygen atoms in total. The van der Waals surface area contributed by atoms with Crippen molar-refractivity contribution in [3.63, 3.8) is 0 Å². The number of hydrogen-bond donors (Lipinski definition) is 2. The zero-order valence-electron chi connectivity index (χ0n) is 20.0. The summed E-state index contributed by atoms with van der Waals surface area (Å²) in [4.78, 5) is 8.92. The first-order valence-corrected chi connectivity index (χ1v) is 11.7. The summed E-state index contributed by atoms with van der Waals surface area (Å²) in [6, 6.07) is 13.0. The van der Waals surface area contributed by atoms with Crippen molar-refractivity contribution in [2.24, 2.45) is 5.41 Å². The summed E-state index contributed by atoms with van der Waals surface area (Å²) in [5.41, 5.74) is 2.81. The number of rotatable bonds is 7. The average Bonchev–Trinajstić information content (AvgIpc) is 3.53. The number of nitrogens with zero attached hydrogens (tertiary/aromatic N) is 5. The summed E-state index contributed by atoms with van der Waals surface area (Å²) in [6.45, 7) is 7.33. The van der Waals surface area contributed by atoms with Crippen LogP contribution < -0.4 is 10.6 Å². The molecule has 1 fully saturated rings. The van der Waals surface area contributed by atoms with E-state index in [1.165, 1.54) is 12.1 Å². The Morgan fingerprint density at radius 1 is 1.09 bits per heavy atom. The number of fused-ring (bicyclic) bond motifs is 1. The molecule has 0 radical (unpaired) electrons. The third-order valence-corrected chi connectivity index (χ3v) is 6.18. The summed E-state index contributed by atoms with van der Waals surface area (Å²) in [5.74, 6) is 0.525. The first kappa shape index (κ1) is 22.3. The van der Waals surface area contributed by atoms with Gasteiger partial charge in [-0.25, -0.2) is 19.0 Å². The van der Waals surface area contributed by atoms with Gasteiger partial charge in [0.15, 0.2) is 0 Å². The summed E-state index contributed by atoms with van der Waals surface area (Å²) < 4.78 is 15.7. The quantitative estimate of drug-likeness (QED) is 0.407. The topological polar surface area (TPSA) is 80.5 Å². The van der Waals surface area contributed by atoms with E-state index in [0.717, 1.165) is 53.1 Å². The minimum atomic E-state index is -0.719. The van der Waals surface area contributed by atoms with E-state index in [1.54, 1.807) is 18.5 Å². The van der Waals surface area contributed by atoms with Crippen molar-refractivity contribution in [1.29, 1.82) is 0 Å². The van der Waals surface area contributed by atoms with Gasteiger partial charge in [0.1, 0.15) is 31.5 Å². The summed E-state index contributed by atoms with van der Waals surface area (Å²) in [5, 5.41) is 16.9. The molecular formula is C25H29BFN7. The predicted molar refractivity (Wildman–Crippen MR) is 135 cm³/mol. The smallest absolute Gasteiger partial charge is 0.148 e. The standard InChI is InChI=1S/C25H29BFN7/c1-24(2,3)14-28-23-20-12-18(8-11-21(20)29-15-30-23)31-25(26,16-4-6-17(27)7-5-16)22-13-34(33-32-22)19-9-10-19/h4-8,11-13,15,19,31H,9-10,14,26H2,1-3H3,(H,28,29,30). The Kier molecular flexibility index (Phi) is 5.50. The molecule has 2 aromatic heterocycles. The molecule has 0 spiro atoms. The number of benzene rings is 2. The first-order valence-electron chi connectivity index (χ1n) is 11.7. The molecule has 2 N–H and O–H groups in total. The van der Waals surface area contributed by atoms with E-state index in [0.29, 0.717) is 6.04 Å². The van der Waals surface area contributed by atoms with Gasteiger partial charge in [0.25, 0.3) is 0 Å². The Hall–Kier alpha value is -3.49. The van der Waals surface area contributed by atoms with Crippen LogP contribution in [0.25, 0.3) is 10.9 Å². The Morgan fingerprint density at radius 3 is 2.56 bits per heavy atom. The molecule has 174 valence electrons. The van der Waals surface area contributed by atoms with E-state index < -0.39 is 5.44 Å². The Bertz CT molecular complexity index is 1310. The van der Waals surface area contributed by atoms with Crippen molar-refractivity contribution in [1.82, 2.24) is 25.0 Å². The van der Waals surface area contributed by atoms with Gasteiger partial charge in [0.05, 0.1) is 23.2 Å². The monoisotopic (exact) mass is 457 g/mol. The largest absolute Gasteiger partial charge is 0.378 e. The second-order valence-electron chi connectivity index (χ2n) is 10.4. The molecule has 4 aromatic rings. The van der Waals surface area contributed by atoms with Crippen LogP contribution in [0.2, 0.25) is 0 Å². The molecule has 1 aliphatic rings. The molecule has 2 aromatic carbocycles. The molecule has 1 aliphatic carbocycles. The van der Waals surface area contributed by atoms with Crippen LogP contribution in [-0.4, -0.2) is 39.4 Å². The zero-order valence-corrected chi connectivity index (χ0v) is 20.0. The van der Waals surface area contributed by atoms with Crippen LogP contribution in [0.5, 0.6) is 0 Å². The maximum Gasteiger partial charge on any atom is 0.148 e. The van der Waals surface area contributed by atoms with Crippen LogP contribution in [0, 0.1) is 11.2 Å². The summed E-state index contributed by atoms with van der Waals surface area (Å²) in [7, 11) is 2.05. The van der Waals surface area contributed by atoms with E-state index in [1.807, 2.05) is 36.9 Å². The number of hydrogen-bond acceptors (Lipinski definition) is 6. The first-order chi connectivity index (χ1) is 16.2. The van der Waals surface area contributed by atoms with Crippen LogP contribution in [0.1, 0.15) is 50.9 Å². The van der Waals surface area contributed by atoms with Gasteiger partial charge >= 0.3 is 0 Å². The lowest BCUT2D eigenvalue weighted by molar-refractivity contribution is 0.442. The fourth-order valence-corrected chi connectivity index (χ4v) is 4.00. The number of aromatic nitrogens is 5. The van der Waals surface area contributed by atoms with Crippen LogP contribution in [-0.2, 0) is 5.44 Å². The Balaban J connectivity index is 1.53. The van der Waals surface area contributed by atoms with Crippen LogP contribution in [0.15, 0.2) is 55.0 Å². The molecule has 1 atom stereocenters. The highest BCUT2D eigenvalue weighted by Crippen LogP contribution is 2.36. The van der Waals surface area contributed by atoms with Gasteiger partial charge in [-0.1, -0.05) is 38.1 Å². The van der Waals surface area contributed by atoms with Gasteiger partial charge in [-0.3, -0.25) is 0 Å². The molecular weight excluding hydrogens is 428 g/mol. The highest BCUT2D eigenvalue weighted by Gasteiger charge is 2.34. The fraction of sp³-hybridized carbons (Fsp3) is 0.360. The van der Waals surface area contributed by atoms with Crippen molar-refractivity contribution in [3.8, 4) is 0 Å². The number of halogens is 1. The predicted octanol–water partition coefficient (Wildman–Crippen LogP) is 4.10. The van der Waals surface area contributed by atoms with Gasteiger partial charge in [-0.15, -0.1) is 5.10 Å². The van der Waals surface area contributed by atoms with Gasteiger partial charge < -0.3 is 10.6 Å². The van der Waals surface area contributed by atoms with Crippen LogP contribution >= 0.6 is 0 Å². The Morgan fingerprint density at radius 2 is 1.85 bits per heavy atom. The minimum absolute atomic E-state index is 0.113. The van der Waals surface area contributed by atoms with E-state index in [-0.39, 0.29) is 11.2 Å². The highest BCUT2D eigenvalue weighted by molar-refractivity contribution is 6.19.